The van der Waals surface area contributed by atoms with Crippen molar-refractivity contribution >= 4 is 17.5 Å². The van der Waals surface area contributed by atoms with Crippen LogP contribution in [0.5, 0.6) is 0 Å². The molecular weight excluding hydrogens is 335 g/mol. The Bertz CT molecular complexity index is 734. The molecule has 0 saturated heterocycles. The number of hydrogen-bond acceptors (Lipinski definition) is 3. The number of aromatic nitrogens is 1. The fourth-order valence-corrected chi connectivity index (χ4v) is 2.46. The van der Waals surface area contributed by atoms with Crippen molar-refractivity contribution in [2.24, 2.45) is 5.92 Å². The van der Waals surface area contributed by atoms with Crippen LogP contribution in [0.3, 0.4) is 0 Å². The van der Waals surface area contributed by atoms with E-state index < -0.39 is 40.3 Å². The minimum Gasteiger partial charge on any atom is -0.336 e. The van der Waals surface area contributed by atoms with Crippen LogP contribution in [0.4, 0.5) is 13.2 Å². The lowest BCUT2D eigenvalue weighted by Gasteiger charge is -2.23. The molecule has 124 valence electrons. The molecule has 0 radical (unpaired) electrons. The van der Waals surface area contributed by atoms with E-state index in [9.17, 15) is 22.8 Å². The zero-order valence-electron chi connectivity index (χ0n) is 12.1. The summed E-state index contributed by atoms with van der Waals surface area (Å²) in [6, 6.07) is 2.51. The monoisotopic (exact) mass is 347 g/mol. The fourth-order valence-electron chi connectivity index (χ4n) is 2.24. The van der Waals surface area contributed by atoms with Crippen molar-refractivity contribution in [3.63, 3.8) is 0 Å². The lowest BCUT2D eigenvalue weighted by Crippen LogP contribution is -2.48. The Morgan fingerprint density at radius 1 is 1.52 bits per heavy atom. The number of nitrogens with one attached hydrogen (secondary N) is 1. The Morgan fingerprint density at radius 3 is 2.61 bits per heavy atom. The molecule has 1 fully saturated rings. The highest BCUT2D eigenvalue weighted by atomic mass is 35.5. The van der Waals surface area contributed by atoms with Crippen LogP contribution >= 0.6 is 11.6 Å². The van der Waals surface area contributed by atoms with Gasteiger partial charge in [-0.05, 0) is 31.7 Å². The van der Waals surface area contributed by atoms with E-state index in [2.05, 4.69) is 5.32 Å². The van der Waals surface area contributed by atoms with E-state index in [1.165, 1.54) is 0 Å². The van der Waals surface area contributed by atoms with Crippen molar-refractivity contribution in [1.82, 2.24) is 9.88 Å². The van der Waals surface area contributed by atoms with Crippen molar-refractivity contribution in [3.8, 4) is 6.07 Å². The number of rotatable bonds is 4. The summed E-state index contributed by atoms with van der Waals surface area (Å²) in [4.78, 5) is 23.8. The predicted octanol–water partition coefficient (Wildman–Crippen LogP) is 2.33. The largest absolute Gasteiger partial charge is 0.417 e. The van der Waals surface area contributed by atoms with Gasteiger partial charge in [0.05, 0.1) is 11.6 Å². The molecule has 1 N–H and O–H groups in total. The van der Waals surface area contributed by atoms with Gasteiger partial charge in [-0.25, -0.2) is 0 Å². The molecule has 1 aromatic heterocycles. The highest BCUT2D eigenvalue weighted by Crippen LogP contribution is 2.39. The van der Waals surface area contributed by atoms with E-state index in [4.69, 9.17) is 16.9 Å². The van der Waals surface area contributed by atoms with Gasteiger partial charge in [0.2, 0.25) is 5.91 Å². The normalized spacial score (nSPS) is 17.2. The Labute approximate surface area is 134 Å². The van der Waals surface area contributed by atoms with Gasteiger partial charge in [0.15, 0.2) is 0 Å². The third-order valence-corrected chi connectivity index (χ3v) is 3.98. The number of alkyl halides is 3. The van der Waals surface area contributed by atoms with Gasteiger partial charge in [0.1, 0.15) is 17.1 Å². The zero-order valence-corrected chi connectivity index (χ0v) is 12.8. The number of pyridine rings is 1. The predicted molar refractivity (Wildman–Crippen MR) is 75.6 cm³/mol. The SMILES string of the molecule is C[C@](C#N)(NC(=O)Cn1cc(C(F)(F)F)cc(Cl)c1=O)C1CC1. The Morgan fingerprint density at radius 2 is 2.13 bits per heavy atom. The van der Waals surface area contributed by atoms with E-state index in [-0.39, 0.29) is 5.92 Å². The van der Waals surface area contributed by atoms with Gasteiger partial charge in [-0.3, -0.25) is 9.59 Å². The second-order valence-electron chi connectivity index (χ2n) is 5.64. The molecule has 5 nitrogen and oxygen atoms in total. The van der Waals surface area contributed by atoms with Crippen molar-refractivity contribution < 1.29 is 18.0 Å². The molecule has 1 amide bonds. The zero-order chi connectivity index (χ0) is 17.4. The molecular formula is C14H13ClF3N3O2. The number of nitriles is 1. The van der Waals surface area contributed by atoms with E-state index in [1.807, 2.05) is 6.07 Å². The number of carbonyl (C=O) groups excluding carboxylic acids is 1. The van der Waals surface area contributed by atoms with Gasteiger partial charge in [0.25, 0.3) is 5.56 Å². The van der Waals surface area contributed by atoms with Crippen LogP contribution in [0.25, 0.3) is 0 Å². The molecule has 0 bridgehead atoms. The van der Waals surface area contributed by atoms with Crippen LogP contribution in [-0.4, -0.2) is 16.0 Å². The van der Waals surface area contributed by atoms with Crippen molar-refractivity contribution in [3.05, 3.63) is 33.2 Å². The summed E-state index contributed by atoms with van der Waals surface area (Å²) in [5.41, 5.74) is -3.12. The molecule has 1 saturated carbocycles. The van der Waals surface area contributed by atoms with Crippen LogP contribution in [0, 0.1) is 17.2 Å². The fraction of sp³-hybridized carbons (Fsp3) is 0.500. The maximum atomic E-state index is 12.7. The number of nitrogens with zero attached hydrogens (tertiary/aromatic N) is 2. The third-order valence-electron chi connectivity index (χ3n) is 3.71. The third kappa shape index (κ3) is 3.85. The van der Waals surface area contributed by atoms with Gasteiger partial charge in [0, 0.05) is 6.20 Å². The second kappa shape index (κ2) is 5.89. The van der Waals surface area contributed by atoms with Crippen LogP contribution in [0.15, 0.2) is 17.1 Å². The molecule has 1 aliphatic carbocycles. The second-order valence-corrected chi connectivity index (χ2v) is 6.05. The molecule has 0 unspecified atom stereocenters. The van der Waals surface area contributed by atoms with Gasteiger partial charge < -0.3 is 9.88 Å². The van der Waals surface area contributed by atoms with Crippen LogP contribution in [0.1, 0.15) is 25.3 Å². The topological polar surface area (TPSA) is 74.9 Å². The highest BCUT2D eigenvalue weighted by molar-refractivity contribution is 6.30. The molecule has 0 spiro atoms. The molecule has 2 rings (SSSR count). The minimum atomic E-state index is -4.69. The number of amides is 1. The van der Waals surface area contributed by atoms with Crippen molar-refractivity contribution in [2.45, 2.75) is 38.0 Å². The number of halogens is 4. The van der Waals surface area contributed by atoms with E-state index in [1.54, 1.807) is 6.92 Å². The molecule has 1 atom stereocenters. The van der Waals surface area contributed by atoms with E-state index in [0.29, 0.717) is 16.8 Å². The van der Waals surface area contributed by atoms with Crippen molar-refractivity contribution in [1.29, 1.82) is 5.26 Å². The average Bonchev–Trinajstić information content (AvgIpc) is 3.27. The minimum absolute atomic E-state index is 0.0123. The first-order valence-corrected chi connectivity index (χ1v) is 7.14. The summed E-state index contributed by atoms with van der Waals surface area (Å²) < 4.78 is 38.8. The molecule has 0 aromatic carbocycles. The first kappa shape index (κ1) is 17.3. The molecule has 1 heterocycles. The summed E-state index contributed by atoms with van der Waals surface area (Å²) in [6.07, 6.45) is -2.57. The summed E-state index contributed by atoms with van der Waals surface area (Å²) in [5.74, 6) is -0.711. The molecule has 0 aliphatic heterocycles. The highest BCUT2D eigenvalue weighted by Gasteiger charge is 2.43. The first-order chi connectivity index (χ1) is 10.6. The summed E-state index contributed by atoms with van der Waals surface area (Å²) in [6.45, 7) is 0.900. The number of hydrogen-bond donors (Lipinski definition) is 1. The Balaban J connectivity index is 2.23. The quantitative estimate of drug-likeness (QED) is 0.908. The smallest absolute Gasteiger partial charge is 0.336 e. The standard InChI is InChI=1S/C14H13ClF3N3O2/c1-13(7-19,8-2-3-8)20-11(22)6-21-5-9(14(16,17)18)4-10(15)12(21)23/h4-5,8H,2-3,6H2,1H3,(H,20,22)/t13-/m1/s1. The summed E-state index contributed by atoms with van der Waals surface area (Å²) in [7, 11) is 0. The lowest BCUT2D eigenvalue weighted by molar-refractivity contribution is -0.138. The van der Waals surface area contributed by atoms with Gasteiger partial charge in [-0.2, -0.15) is 18.4 Å². The average molecular weight is 348 g/mol. The Kier molecular flexibility index (Phi) is 4.44. The number of carbonyl (C=O) groups is 1. The van der Waals surface area contributed by atoms with E-state index in [0.717, 1.165) is 12.8 Å². The first-order valence-electron chi connectivity index (χ1n) is 6.76. The van der Waals surface area contributed by atoms with Crippen molar-refractivity contribution in [2.75, 3.05) is 0 Å². The molecule has 23 heavy (non-hydrogen) atoms. The van der Waals surface area contributed by atoms with Gasteiger partial charge in [-0.15, -0.1) is 0 Å². The van der Waals surface area contributed by atoms with Gasteiger partial charge in [-0.1, -0.05) is 11.6 Å². The summed E-state index contributed by atoms with van der Waals surface area (Å²) >= 11 is 5.51. The maximum Gasteiger partial charge on any atom is 0.417 e. The molecule has 9 heteroatoms. The van der Waals surface area contributed by atoms with Crippen LogP contribution in [-0.2, 0) is 17.5 Å². The summed E-state index contributed by atoms with van der Waals surface area (Å²) in [5, 5.41) is 11.0. The van der Waals surface area contributed by atoms with E-state index >= 15 is 0 Å². The van der Waals surface area contributed by atoms with Crippen LogP contribution in [0.2, 0.25) is 5.02 Å². The lowest BCUT2D eigenvalue weighted by atomic mass is 9.98. The molecule has 1 aliphatic rings. The molecule has 1 aromatic rings. The Hall–Kier alpha value is -2.01. The van der Waals surface area contributed by atoms with Crippen LogP contribution < -0.4 is 10.9 Å². The maximum absolute atomic E-state index is 12.7. The van der Waals surface area contributed by atoms with Gasteiger partial charge >= 0.3 is 6.18 Å².